The number of guanidine groups is 1. The van der Waals surface area contributed by atoms with Crippen LogP contribution < -0.4 is 15.8 Å². The third kappa shape index (κ3) is 8.85. The number of thioether (sulfide) groups is 1. The molecular formula is C18H24IN5O4S2. The number of nitrogens with one attached hydrogen (secondary N) is 2. The number of nitrogens with zero attached hydrogens (tertiary/aromatic N) is 2. The number of hydrogen-bond donors (Lipinski definition) is 3. The highest BCUT2D eigenvalue weighted by Gasteiger charge is 2.07. The summed E-state index contributed by atoms with van der Waals surface area (Å²) in [6.45, 7) is 1.52. The molecule has 0 aliphatic heterocycles. The van der Waals surface area contributed by atoms with Crippen LogP contribution in [-0.4, -0.2) is 37.9 Å². The Labute approximate surface area is 197 Å². The van der Waals surface area contributed by atoms with Gasteiger partial charge < -0.3 is 10.6 Å². The molecule has 0 amide bonds. The van der Waals surface area contributed by atoms with Crippen LogP contribution >= 0.6 is 35.7 Å². The Morgan fingerprint density at radius 1 is 1.10 bits per heavy atom. The van der Waals surface area contributed by atoms with Crippen molar-refractivity contribution in [3.63, 3.8) is 0 Å². The van der Waals surface area contributed by atoms with Gasteiger partial charge in [-0.15, -0.1) is 24.0 Å². The Morgan fingerprint density at radius 3 is 2.23 bits per heavy atom. The summed E-state index contributed by atoms with van der Waals surface area (Å²) in [5, 5.41) is 22.3. The number of nitro groups is 1. The van der Waals surface area contributed by atoms with E-state index in [0.29, 0.717) is 19.0 Å². The molecular weight excluding hydrogens is 541 g/mol. The second-order valence-corrected chi connectivity index (χ2v) is 8.60. The van der Waals surface area contributed by atoms with E-state index in [1.165, 1.54) is 24.3 Å². The van der Waals surface area contributed by atoms with Crippen LogP contribution in [0.4, 0.5) is 5.69 Å². The summed E-state index contributed by atoms with van der Waals surface area (Å²) in [7, 11) is -3.72. The molecule has 30 heavy (non-hydrogen) atoms. The maximum atomic E-state index is 11.3. The van der Waals surface area contributed by atoms with Crippen molar-refractivity contribution in [2.45, 2.75) is 18.0 Å². The topological polar surface area (TPSA) is 140 Å². The van der Waals surface area contributed by atoms with Crippen LogP contribution in [0.5, 0.6) is 0 Å². The van der Waals surface area contributed by atoms with Crippen LogP contribution in [0.3, 0.4) is 0 Å². The Morgan fingerprint density at radius 2 is 1.70 bits per heavy atom. The zero-order valence-electron chi connectivity index (χ0n) is 16.3. The van der Waals surface area contributed by atoms with E-state index in [9.17, 15) is 18.5 Å². The molecule has 164 valence electrons. The zero-order chi connectivity index (χ0) is 21.3. The molecule has 0 aromatic heterocycles. The SMILES string of the molecule is CSCCNC(=NCc1ccc(S(N)(=O)=O)cc1)NCc1ccc([N+](=O)[O-])cc1.I. The summed E-state index contributed by atoms with van der Waals surface area (Å²) in [4.78, 5) is 14.9. The van der Waals surface area contributed by atoms with Crippen molar-refractivity contribution in [2.75, 3.05) is 18.6 Å². The number of benzene rings is 2. The van der Waals surface area contributed by atoms with E-state index in [1.807, 2.05) is 6.26 Å². The number of aliphatic imine (C=N–C) groups is 1. The fraction of sp³-hybridized carbons (Fsp3) is 0.278. The fourth-order valence-corrected chi connectivity index (χ4v) is 3.14. The van der Waals surface area contributed by atoms with Gasteiger partial charge in [-0.25, -0.2) is 18.5 Å². The maximum Gasteiger partial charge on any atom is 0.269 e. The monoisotopic (exact) mass is 565 g/mol. The minimum absolute atomic E-state index is 0. The van der Waals surface area contributed by atoms with Crippen molar-refractivity contribution < 1.29 is 13.3 Å². The van der Waals surface area contributed by atoms with Crippen molar-refractivity contribution in [3.8, 4) is 0 Å². The predicted molar refractivity (Wildman–Crippen MR) is 131 cm³/mol. The van der Waals surface area contributed by atoms with Gasteiger partial charge in [0.15, 0.2) is 5.96 Å². The molecule has 0 saturated heterocycles. The average molecular weight is 565 g/mol. The molecule has 0 fully saturated rings. The highest BCUT2D eigenvalue weighted by Crippen LogP contribution is 2.12. The van der Waals surface area contributed by atoms with E-state index in [0.717, 1.165) is 23.4 Å². The van der Waals surface area contributed by atoms with Crippen LogP contribution in [0.2, 0.25) is 0 Å². The molecule has 0 unspecified atom stereocenters. The lowest BCUT2D eigenvalue weighted by atomic mass is 10.2. The third-order valence-corrected chi connectivity index (χ3v) is 5.42. The second-order valence-electron chi connectivity index (χ2n) is 6.05. The van der Waals surface area contributed by atoms with Gasteiger partial charge in [0.1, 0.15) is 0 Å². The lowest BCUT2D eigenvalue weighted by Crippen LogP contribution is -2.38. The van der Waals surface area contributed by atoms with Gasteiger partial charge in [0.25, 0.3) is 5.69 Å². The van der Waals surface area contributed by atoms with E-state index in [-0.39, 0.29) is 34.6 Å². The average Bonchev–Trinajstić information content (AvgIpc) is 2.69. The molecule has 0 atom stereocenters. The van der Waals surface area contributed by atoms with Crippen LogP contribution in [0.1, 0.15) is 11.1 Å². The molecule has 0 saturated carbocycles. The first-order valence-corrected chi connectivity index (χ1v) is 11.6. The lowest BCUT2D eigenvalue weighted by molar-refractivity contribution is -0.384. The number of hydrogen-bond acceptors (Lipinski definition) is 6. The van der Waals surface area contributed by atoms with Crippen molar-refractivity contribution in [1.29, 1.82) is 0 Å². The van der Waals surface area contributed by atoms with Gasteiger partial charge in [-0.05, 0) is 29.5 Å². The van der Waals surface area contributed by atoms with Crippen molar-refractivity contribution in [3.05, 3.63) is 69.8 Å². The third-order valence-electron chi connectivity index (χ3n) is 3.88. The number of halogens is 1. The maximum absolute atomic E-state index is 11.3. The quantitative estimate of drug-likeness (QED) is 0.106. The minimum Gasteiger partial charge on any atom is -0.356 e. The Bertz CT molecular complexity index is 952. The lowest BCUT2D eigenvalue weighted by Gasteiger charge is -2.12. The van der Waals surface area contributed by atoms with E-state index in [2.05, 4.69) is 15.6 Å². The number of rotatable bonds is 9. The zero-order valence-corrected chi connectivity index (χ0v) is 20.2. The van der Waals surface area contributed by atoms with Crippen LogP contribution in [0.25, 0.3) is 0 Å². The van der Waals surface area contributed by atoms with Crippen LogP contribution in [0, 0.1) is 10.1 Å². The smallest absolute Gasteiger partial charge is 0.269 e. The van der Waals surface area contributed by atoms with Gasteiger partial charge in [-0.2, -0.15) is 11.8 Å². The van der Waals surface area contributed by atoms with Gasteiger partial charge in [-0.1, -0.05) is 24.3 Å². The van der Waals surface area contributed by atoms with E-state index in [1.54, 1.807) is 36.0 Å². The van der Waals surface area contributed by atoms with E-state index >= 15 is 0 Å². The summed E-state index contributed by atoms with van der Waals surface area (Å²) < 4.78 is 22.7. The van der Waals surface area contributed by atoms with Gasteiger partial charge in [-0.3, -0.25) is 10.1 Å². The predicted octanol–water partition coefficient (Wildman–Crippen LogP) is 2.46. The molecule has 4 N–H and O–H groups in total. The van der Waals surface area contributed by atoms with Gasteiger partial charge in [0.05, 0.1) is 16.4 Å². The minimum atomic E-state index is -3.72. The summed E-state index contributed by atoms with van der Waals surface area (Å²) in [5.41, 5.74) is 1.76. The van der Waals surface area contributed by atoms with Gasteiger partial charge >= 0.3 is 0 Å². The van der Waals surface area contributed by atoms with Gasteiger partial charge in [0.2, 0.25) is 10.0 Å². The fourth-order valence-electron chi connectivity index (χ4n) is 2.32. The summed E-state index contributed by atoms with van der Waals surface area (Å²) >= 11 is 1.70. The highest BCUT2D eigenvalue weighted by molar-refractivity contribution is 14.0. The molecule has 2 aromatic carbocycles. The molecule has 2 aromatic rings. The highest BCUT2D eigenvalue weighted by atomic mass is 127. The number of primary sulfonamides is 1. The second kappa shape index (κ2) is 12.7. The van der Waals surface area contributed by atoms with Crippen molar-refractivity contribution >= 4 is 57.4 Å². The largest absolute Gasteiger partial charge is 0.356 e. The van der Waals surface area contributed by atoms with E-state index < -0.39 is 14.9 Å². The molecule has 9 nitrogen and oxygen atoms in total. The molecule has 0 heterocycles. The first-order chi connectivity index (χ1) is 13.8. The molecule has 0 radical (unpaired) electrons. The number of nitrogens with two attached hydrogens (primary N) is 1. The first kappa shape index (κ1) is 26.1. The van der Waals surface area contributed by atoms with Crippen LogP contribution in [-0.2, 0) is 23.1 Å². The normalized spacial score (nSPS) is 11.5. The van der Waals surface area contributed by atoms with Crippen molar-refractivity contribution in [1.82, 2.24) is 10.6 Å². The molecule has 12 heteroatoms. The van der Waals surface area contributed by atoms with E-state index in [4.69, 9.17) is 5.14 Å². The molecule has 0 aliphatic rings. The molecule has 0 spiro atoms. The Balaban J connectivity index is 0.00000450. The first-order valence-electron chi connectivity index (χ1n) is 8.66. The standard InChI is InChI=1S/C18H23N5O4S2.HI/c1-28-11-10-20-18(21-12-14-2-6-16(7-3-14)23(24)25)22-13-15-4-8-17(9-5-15)29(19,26)27;/h2-9H,10-13H2,1H3,(H2,19,26,27)(H2,20,21,22);1H. The van der Waals surface area contributed by atoms with Crippen LogP contribution in [0.15, 0.2) is 58.4 Å². The number of non-ortho nitro benzene ring substituents is 1. The summed E-state index contributed by atoms with van der Waals surface area (Å²) in [6, 6.07) is 12.5. The van der Waals surface area contributed by atoms with Crippen molar-refractivity contribution in [2.24, 2.45) is 10.1 Å². The van der Waals surface area contributed by atoms with Gasteiger partial charge in [0, 0.05) is 31.0 Å². The summed E-state index contributed by atoms with van der Waals surface area (Å²) in [6.07, 6.45) is 2.01. The molecule has 0 bridgehead atoms. The number of sulfonamides is 1. The number of nitro benzene ring substituents is 1. The molecule has 0 aliphatic carbocycles. The Hall–Kier alpha value is -1.90. The molecule has 2 rings (SSSR count). The summed E-state index contributed by atoms with van der Waals surface area (Å²) in [5.74, 6) is 1.49. The Kier molecular flexibility index (Phi) is 11.1.